The molecule has 6 nitrogen and oxygen atoms in total. The highest BCUT2D eigenvalue weighted by Crippen LogP contribution is 2.35. The molecular formula is C10H10ClN5O. The second-order valence-corrected chi connectivity index (χ2v) is 4.23. The molecule has 2 aromatic heterocycles. The molecule has 0 aromatic carbocycles. The van der Waals surface area contributed by atoms with Crippen molar-refractivity contribution >= 4 is 34.4 Å². The van der Waals surface area contributed by atoms with Crippen LogP contribution >= 0.6 is 11.6 Å². The van der Waals surface area contributed by atoms with Crippen LogP contribution < -0.4 is 5.73 Å². The quantitative estimate of drug-likeness (QED) is 0.779. The number of hydrogen-bond donors (Lipinski definition) is 2. The molecule has 0 unspecified atom stereocenters. The number of rotatable bonds is 2. The minimum atomic E-state index is -0.0533. The molecule has 0 saturated heterocycles. The summed E-state index contributed by atoms with van der Waals surface area (Å²) in [5, 5.41) is 9.62. The SMILES string of the molecule is Nc1nc(Cl)c2ncn(C(CO)=C3CC3)c2n1. The molecule has 1 fully saturated rings. The first kappa shape index (κ1) is 10.5. The number of anilines is 1. The number of nitrogens with two attached hydrogens (primary N) is 1. The minimum Gasteiger partial charge on any atom is -0.390 e. The molecule has 7 heteroatoms. The molecular weight excluding hydrogens is 242 g/mol. The first-order valence-corrected chi connectivity index (χ1v) is 5.56. The largest absolute Gasteiger partial charge is 0.390 e. The Morgan fingerprint density at radius 1 is 1.47 bits per heavy atom. The van der Waals surface area contributed by atoms with Gasteiger partial charge in [-0.1, -0.05) is 11.6 Å². The van der Waals surface area contributed by atoms with Crippen molar-refractivity contribution in [3.8, 4) is 0 Å². The zero-order chi connectivity index (χ0) is 12.0. The lowest BCUT2D eigenvalue weighted by Gasteiger charge is -2.05. The van der Waals surface area contributed by atoms with Crippen molar-refractivity contribution in [2.45, 2.75) is 12.8 Å². The summed E-state index contributed by atoms with van der Waals surface area (Å²) < 4.78 is 1.72. The molecule has 0 bridgehead atoms. The van der Waals surface area contributed by atoms with Crippen LogP contribution in [0, 0.1) is 0 Å². The predicted octanol–water partition coefficient (Wildman–Crippen LogP) is 1.06. The monoisotopic (exact) mass is 251 g/mol. The highest BCUT2D eigenvalue weighted by Gasteiger charge is 2.21. The van der Waals surface area contributed by atoms with Crippen LogP contribution in [0.5, 0.6) is 0 Å². The molecule has 2 aromatic rings. The summed E-state index contributed by atoms with van der Waals surface area (Å²) in [7, 11) is 0. The van der Waals surface area contributed by atoms with E-state index in [1.807, 2.05) is 0 Å². The summed E-state index contributed by atoms with van der Waals surface area (Å²) in [6, 6.07) is 0. The van der Waals surface area contributed by atoms with Crippen LogP contribution in [0.1, 0.15) is 12.8 Å². The third-order valence-electron chi connectivity index (χ3n) is 2.72. The topological polar surface area (TPSA) is 89.8 Å². The van der Waals surface area contributed by atoms with Gasteiger partial charge in [-0.25, -0.2) is 4.98 Å². The molecule has 17 heavy (non-hydrogen) atoms. The standard InChI is InChI=1S/C10H10ClN5O/c11-8-7-9(15-10(12)14-8)16(4-13-7)6(3-17)5-1-2-5/h4,17H,1-3H2,(H2,12,14,15). The van der Waals surface area contributed by atoms with E-state index in [-0.39, 0.29) is 17.7 Å². The molecule has 3 N–H and O–H groups in total. The molecule has 0 aliphatic heterocycles. The number of aromatic nitrogens is 4. The van der Waals surface area contributed by atoms with Crippen LogP contribution in [0.4, 0.5) is 5.95 Å². The van der Waals surface area contributed by atoms with E-state index in [1.165, 1.54) is 5.57 Å². The number of allylic oxidation sites excluding steroid dienone is 1. The number of fused-ring (bicyclic) bond motifs is 1. The van der Waals surface area contributed by atoms with Gasteiger partial charge in [0.25, 0.3) is 0 Å². The Hall–Kier alpha value is -1.66. The summed E-state index contributed by atoms with van der Waals surface area (Å²) in [4.78, 5) is 12.1. The zero-order valence-electron chi connectivity index (χ0n) is 8.89. The summed E-state index contributed by atoms with van der Waals surface area (Å²) in [5.41, 5.74) is 8.60. The first-order chi connectivity index (χ1) is 8.20. The molecule has 0 radical (unpaired) electrons. The normalized spacial score (nSPS) is 14.4. The highest BCUT2D eigenvalue weighted by atomic mass is 35.5. The number of aliphatic hydroxyl groups is 1. The number of halogens is 1. The number of hydrogen-bond acceptors (Lipinski definition) is 5. The van der Waals surface area contributed by atoms with Gasteiger partial charge in [-0.2, -0.15) is 9.97 Å². The zero-order valence-corrected chi connectivity index (χ0v) is 9.65. The maximum absolute atomic E-state index is 9.39. The number of imidazole rings is 1. The Bertz CT molecular complexity index is 627. The van der Waals surface area contributed by atoms with Gasteiger partial charge in [-0.15, -0.1) is 0 Å². The van der Waals surface area contributed by atoms with E-state index in [4.69, 9.17) is 17.3 Å². The first-order valence-electron chi connectivity index (χ1n) is 5.19. The lowest BCUT2D eigenvalue weighted by molar-refractivity contribution is 0.344. The van der Waals surface area contributed by atoms with Gasteiger partial charge in [0.1, 0.15) is 11.8 Å². The molecule has 0 amide bonds. The third-order valence-corrected chi connectivity index (χ3v) is 2.98. The molecule has 2 heterocycles. The van der Waals surface area contributed by atoms with Gasteiger partial charge >= 0.3 is 0 Å². The van der Waals surface area contributed by atoms with Crippen LogP contribution in [0.25, 0.3) is 16.9 Å². The average molecular weight is 252 g/mol. The van der Waals surface area contributed by atoms with Crippen LogP contribution in [-0.4, -0.2) is 31.2 Å². The van der Waals surface area contributed by atoms with Crippen molar-refractivity contribution in [2.75, 3.05) is 12.3 Å². The van der Waals surface area contributed by atoms with Gasteiger partial charge in [0.2, 0.25) is 5.95 Å². The molecule has 1 saturated carbocycles. The molecule has 1 aliphatic rings. The van der Waals surface area contributed by atoms with E-state index in [0.29, 0.717) is 11.2 Å². The lowest BCUT2D eigenvalue weighted by Crippen LogP contribution is -2.03. The number of aliphatic hydroxyl groups excluding tert-OH is 1. The van der Waals surface area contributed by atoms with Crippen LogP contribution in [0.2, 0.25) is 5.15 Å². The van der Waals surface area contributed by atoms with Crippen molar-refractivity contribution in [2.24, 2.45) is 0 Å². The van der Waals surface area contributed by atoms with Crippen LogP contribution in [-0.2, 0) is 0 Å². The van der Waals surface area contributed by atoms with E-state index in [9.17, 15) is 5.11 Å². The second kappa shape index (κ2) is 3.68. The molecule has 0 atom stereocenters. The van der Waals surface area contributed by atoms with Gasteiger partial charge in [-0.05, 0) is 18.4 Å². The Balaban J connectivity index is 2.28. The van der Waals surface area contributed by atoms with Crippen LogP contribution in [0.3, 0.4) is 0 Å². The number of nitrogens with zero attached hydrogens (tertiary/aromatic N) is 4. The van der Waals surface area contributed by atoms with E-state index < -0.39 is 0 Å². The minimum absolute atomic E-state index is 0.0533. The predicted molar refractivity (Wildman–Crippen MR) is 64.3 cm³/mol. The summed E-state index contributed by atoms with van der Waals surface area (Å²) in [6.45, 7) is -0.0533. The van der Waals surface area contributed by atoms with Crippen molar-refractivity contribution in [3.63, 3.8) is 0 Å². The van der Waals surface area contributed by atoms with Crippen molar-refractivity contribution in [1.82, 2.24) is 19.5 Å². The van der Waals surface area contributed by atoms with Crippen LogP contribution in [0.15, 0.2) is 11.9 Å². The van der Waals surface area contributed by atoms with E-state index in [0.717, 1.165) is 18.5 Å². The Labute approximate surface area is 102 Å². The fraction of sp³-hybridized carbons (Fsp3) is 0.300. The molecule has 3 rings (SSSR count). The third kappa shape index (κ3) is 1.65. The number of nitrogen functional groups attached to an aromatic ring is 1. The summed E-state index contributed by atoms with van der Waals surface area (Å²) >= 11 is 5.93. The smallest absolute Gasteiger partial charge is 0.223 e. The van der Waals surface area contributed by atoms with Gasteiger partial charge < -0.3 is 10.8 Å². The average Bonchev–Trinajstić information content (AvgIpc) is 3.02. The van der Waals surface area contributed by atoms with E-state index in [2.05, 4.69) is 15.0 Å². The highest BCUT2D eigenvalue weighted by molar-refractivity contribution is 6.33. The Kier molecular flexibility index (Phi) is 2.27. The van der Waals surface area contributed by atoms with E-state index >= 15 is 0 Å². The van der Waals surface area contributed by atoms with Crippen molar-refractivity contribution < 1.29 is 5.11 Å². The van der Waals surface area contributed by atoms with Gasteiger partial charge in [0, 0.05) is 0 Å². The Morgan fingerprint density at radius 3 is 2.88 bits per heavy atom. The lowest BCUT2D eigenvalue weighted by atomic mass is 10.4. The van der Waals surface area contributed by atoms with Gasteiger partial charge in [0.15, 0.2) is 10.8 Å². The summed E-state index contributed by atoms with van der Waals surface area (Å²) in [5.74, 6) is 0.0994. The van der Waals surface area contributed by atoms with Crippen molar-refractivity contribution in [3.05, 3.63) is 17.1 Å². The fourth-order valence-electron chi connectivity index (χ4n) is 1.79. The fourth-order valence-corrected chi connectivity index (χ4v) is 2.01. The van der Waals surface area contributed by atoms with Crippen molar-refractivity contribution in [1.29, 1.82) is 0 Å². The molecule has 1 aliphatic carbocycles. The molecule has 88 valence electrons. The second-order valence-electron chi connectivity index (χ2n) is 3.87. The van der Waals surface area contributed by atoms with Gasteiger partial charge in [-0.3, -0.25) is 4.57 Å². The molecule has 0 spiro atoms. The van der Waals surface area contributed by atoms with E-state index in [1.54, 1.807) is 10.9 Å². The summed E-state index contributed by atoms with van der Waals surface area (Å²) in [6.07, 6.45) is 3.59. The maximum Gasteiger partial charge on any atom is 0.223 e. The maximum atomic E-state index is 9.39. The Morgan fingerprint density at radius 2 is 2.24 bits per heavy atom. The van der Waals surface area contributed by atoms with Gasteiger partial charge in [0.05, 0.1) is 12.3 Å².